The van der Waals surface area contributed by atoms with E-state index in [1.807, 2.05) is 0 Å². The van der Waals surface area contributed by atoms with E-state index in [1.54, 1.807) is 0 Å². The van der Waals surface area contributed by atoms with Gasteiger partial charge in [-0.1, -0.05) is 159 Å². The third kappa shape index (κ3) is 5.83. The van der Waals surface area contributed by atoms with Crippen LogP contribution in [0.25, 0.3) is 54.9 Å². The van der Waals surface area contributed by atoms with Crippen LogP contribution in [-0.4, -0.2) is 0 Å². The highest BCUT2D eigenvalue weighted by atomic mass is 14.2. The summed E-state index contributed by atoms with van der Waals surface area (Å²) in [6.07, 6.45) is 0. The molecule has 6 rings (SSSR count). The molecule has 0 aliphatic heterocycles. The van der Waals surface area contributed by atoms with Gasteiger partial charge in [-0.05, 0) is 106 Å². The molecular formula is C44H46. The van der Waals surface area contributed by atoms with Crippen LogP contribution in [-0.2, 0) is 16.2 Å². The molecule has 0 spiro atoms. The highest BCUT2D eigenvalue weighted by Gasteiger charge is 2.18. The van der Waals surface area contributed by atoms with Crippen molar-refractivity contribution in [3.05, 3.63) is 132 Å². The highest BCUT2D eigenvalue weighted by molar-refractivity contribution is 6.14. The van der Waals surface area contributed by atoms with Crippen molar-refractivity contribution in [2.24, 2.45) is 0 Å². The molecule has 0 amide bonds. The standard InChI is InChI=1S/C44H46/c1-42(2,3)36-18-10-29(11-19-36)32-16-24-39-34(26-32)28-35-27-33(30-12-20-37(21-13-30)43(4,5)6)17-25-40(35)41(39)31-14-22-38(23-15-31)44(7,8)9/h10-28H,1-9H3. The molecule has 0 atom stereocenters. The summed E-state index contributed by atoms with van der Waals surface area (Å²) < 4.78 is 0. The minimum Gasteiger partial charge on any atom is -0.0579 e. The van der Waals surface area contributed by atoms with Gasteiger partial charge < -0.3 is 0 Å². The average Bonchev–Trinajstić information content (AvgIpc) is 2.98. The summed E-state index contributed by atoms with van der Waals surface area (Å²) in [6.45, 7) is 20.5. The summed E-state index contributed by atoms with van der Waals surface area (Å²) in [6, 6.07) is 43.8. The molecule has 222 valence electrons. The molecule has 0 radical (unpaired) electrons. The van der Waals surface area contributed by atoms with Gasteiger partial charge in [-0.25, -0.2) is 0 Å². The summed E-state index contributed by atoms with van der Waals surface area (Å²) in [5, 5.41) is 5.12. The summed E-state index contributed by atoms with van der Waals surface area (Å²) in [5.74, 6) is 0. The summed E-state index contributed by atoms with van der Waals surface area (Å²) in [7, 11) is 0. The zero-order chi connectivity index (χ0) is 31.4. The van der Waals surface area contributed by atoms with Crippen LogP contribution in [0.1, 0.15) is 79.0 Å². The molecule has 0 unspecified atom stereocenters. The maximum atomic E-state index is 2.39. The molecule has 44 heavy (non-hydrogen) atoms. The quantitative estimate of drug-likeness (QED) is 0.184. The van der Waals surface area contributed by atoms with Gasteiger partial charge in [-0.15, -0.1) is 0 Å². The number of rotatable bonds is 3. The van der Waals surface area contributed by atoms with Crippen LogP contribution < -0.4 is 0 Å². The first kappa shape index (κ1) is 29.9. The lowest BCUT2D eigenvalue weighted by Crippen LogP contribution is -2.10. The van der Waals surface area contributed by atoms with E-state index in [1.165, 1.54) is 71.6 Å². The van der Waals surface area contributed by atoms with Gasteiger partial charge in [-0.3, -0.25) is 0 Å². The smallest absolute Gasteiger partial charge is 0.00268 e. The second kappa shape index (κ2) is 10.8. The van der Waals surface area contributed by atoms with Crippen LogP contribution in [0.3, 0.4) is 0 Å². The van der Waals surface area contributed by atoms with E-state index in [-0.39, 0.29) is 16.2 Å². The fourth-order valence-corrected chi connectivity index (χ4v) is 6.26. The predicted molar refractivity (Wildman–Crippen MR) is 194 cm³/mol. The fourth-order valence-electron chi connectivity index (χ4n) is 6.26. The normalized spacial score (nSPS) is 12.7. The SMILES string of the molecule is CC(C)(C)c1ccc(-c2ccc3c(-c4ccc(C(C)(C)C)cc4)c4ccc(-c5ccc(C(C)(C)C)cc5)cc4cc3c2)cc1. The second-order valence-corrected chi connectivity index (χ2v) is 15.6. The third-order valence-corrected chi connectivity index (χ3v) is 9.16. The minimum absolute atomic E-state index is 0.119. The summed E-state index contributed by atoms with van der Waals surface area (Å²) >= 11 is 0. The Morgan fingerprint density at radius 2 is 0.591 bits per heavy atom. The van der Waals surface area contributed by atoms with Gasteiger partial charge in [0.05, 0.1) is 0 Å². The lowest BCUT2D eigenvalue weighted by molar-refractivity contribution is 0.590. The highest BCUT2D eigenvalue weighted by Crippen LogP contribution is 2.40. The first-order valence-electron chi connectivity index (χ1n) is 16.0. The molecule has 6 aromatic carbocycles. The molecule has 0 aliphatic rings. The van der Waals surface area contributed by atoms with Gasteiger partial charge in [0.1, 0.15) is 0 Å². The van der Waals surface area contributed by atoms with Gasteiger partial charge in [0.25, 0.3) is 0 Å². The van der Waals surface area contributed by atoms with Crippen molar-refractivity contribution in [2.45, 2.75) is 78.6 Å². The molecule has 0 heterocycles. The lowest BCUT2D eigenvalue weighted by atomic mass is 9.84. The van der Waals surface area contributed by atoms with E-state index < -0.39 is 0 Å². The van der Waals surface area contributed by atoms with Crippen LogP contribution in [0.2, 0.25) is 0 Å². The third-order valence-electron chi connectivity index (χ3n) is 9.16. The Bertz CT molecular complexity index is 1830. The molecule has 0 bridgehead atoms. The zero-order valence-corrected chi connectivity index (χ0v) is 28.0. The predicted octanol–water partition coefficient (Wildman–Crippen LogP) is 12.9. The van der Waals surface area contributed by atoms with E-state index in [9.17, 15) is 0 Å². The Kier molecular flexibility index (Phi) is 7.32. The summed E-state index contributed by atoms with van der Waals surface area (Å²) in [5.41, 5.74) is 12.1. The van der Waals surface area contributed by atoms with Gasteiger partial charge in [0.15, 0.2) is 0 Å². The van der Waals surface area contributed by atoms with Gasteiger partial charge in [0, 0.05) is 0 Å². The second-order valence-electron chi connectivity index (χ2n) is 15.6. The van der Waals surface area contributed by atoms with Crippen LogP contribution in [0.4, 0.5) is 0 Å². The average molecular weight is 575 g/mol. The van der Waals surface area contributed by atoms with E-state index in [2.05, 4.69) is 178 Å². The molecular weight excluding hydrogens is 528 g/mol. The Morgan fingerprint density at radius 1 is 0.295 bits per heavy atom. The largest absolute Gasteiger partial charge is 0.0579 e. The molecule has 0 saturated heterocycles. The molecule has 0 fully saturated rings. The lowest BCUT2D eigenvalue weighted by Gasteiger charge is -2.20. The van der Waals surface area contributed by atoms with Crippen LogP contribution in [0, 0.1) is 0 Å². The molecule has 0 aliphatic carbocycles. The Hall–Kier alpha value is -4.16. The van der Waals surface area contributed by atoms with E-state index in [0.717, 1.165) is 0 Å². The van der Waals surface area contributed by atoms with Gasteiger partial charge in [-0.2, -0.15) is 0 Å². The number of hydrogen-bond donors (Lipinski definition) is 0. The Morgan fingerprint density at radius 3 is 0.909 bits per heavy atom. The minimum atomic E-state index is 0.119. The van der Waals surface area contributed by atoms with E-state index >= 15 is 0 Å². The number of benzene rings is 6. The van der Waals surface area contributed by atoms with Crippen molar-refractivity contribution < 1.29 is 0 Å². The van der Waals surface area contributed by atoms with E-state index in [4.69, 9.17) is 0 Å². The van der Waals surface area contributed by atoms with Crippen molar-refractivity contribution in [1.29, 1.82) is 0 Å². The number of fused-ring (bicyclic) bond motifs is 2. The van der Waals surface area contributed by atoms with Crippen molar-refractivity contribution in [2.75, 3.05) is 0 Å². The van der Waals surface area contributed by atoms with Crippen LogP contribution in [0.15, 0.2) is 115 Å². The van der Waals surface area contributed by atoms with Crippen molar-refractivity contribution in [1.82, 2.24) is 0 Å². The molecule has 0 aromatic heterocycles. The van der Waals surface area contributed by atoms with Crippen molar-refractivity contribution in [3.63, 3.8) is 0 Å². The monoisotopic (exact) mass is 574 g/mol. The summed E-state index contributed by atoms with van der Waals surface area (Å²) in [4.78, 5) is 0. The fraction of sp³-hybridized carbons (Fsp3) is 0.273. The van der Waals surface area contributed by atoms with Gasteiger partial charge >= 0.3 is 0 Å². The maximum Gasteiger partial charge on any atom is -0.00268 e. The Labute approximate surface area is 264 Å². The first-order chi connectivity index (χ1) is 20.7. The Balaban J connectivity index is 1.53. The van der Waals surface area contributed by atoms with Crippen LogP contribution >= 0.6 is 0 Å². The zero-order valence-electron chi connectivity index (χ0n) is 28.0. The van der Waals surface area contributed by atoms with Crippen molar-refractivity contribution >= 4 is 21.5 Å². The number of hydrogen-bond acceptors (Lipinski definition) is 0. The van der Waals surface area contributed by atoms with Gasteiger partial charge in [0.2, 0.25) is 0 Å². The first-order valence-corrected chi connectivity index (χ1v) is 16.0. The molecule has 6 aromatic rings. The molecule has 0 N–H and O–H groups in total. The topological polar surface area (TPSA) is 0 Å². The van der Waals surface area contributed by atoms with Crippen LogP contribution in [0.5, 0.6) is 0 Å². The van der Waals surface area contributed by atoms with E-state index in [0.29, 0.717) is 0 Å². The van der Waals surface area contributed by atoms with Crippen molar-refractivity contribution in [3.8, 4) is 33.4 Å². The molecule has 0 nitrogen and oxygen atoms in total. The molecule has 0 heteroatoms. The maximum absolute atomic E-state index is 2.39. The molecule has 0 saturated carbocycles.